The first-order chi connectivity index (χ1) is 5.77. The van der Waals surface area contributed by atoms with Crippen molar-refractivity contribution >= 4 is 11.8 Å². The van der Waals surface area contributed by atoms with Gasteiger partial charge in [0.25, 0.3) is 0 Å². The first kappa shape index (κ1) is 7.22. The van der Waals surface area contributed by atoms with E-state index in [9.17, 15) is 0 Å². The van der Waals surface area contributed by atoms with Gasteiger partial charge >= 0.3 is 0 Å². The van der Waals surface area contributed by atoms with Gasteiger partial charge in [-0.05, 0) is 23.9 Å². The summed E-state index contributed by atoms with van der Waals surface area (Å²) in [6.07, 6.45) is 4.16. The van der Waals surface area contributed by atoms with Crippen molar-refractivity contribution in [3.8, 4) is 0 Å². The van der Waals surface area contributed by atoms with E-state index in [0.29, 0.717) is 0 Å². The lowest BCUT2D eigenvalue weighted by Crippen LogP contribution is -2.15. The van der Waals surface area contributed by atoms with Crippen molar-refractivity contribution in [2.45, 2.75) is 6.54 Å². The third-order valence-electron chi connectivity index (χ3n) is 2.16. The average Bonchev–Trinajstić information content (AvgIpc) is 2.07. The molecule has 1 aromatic rings. The fraction of sp³-hybridized carbons (Fsp3) is 0.200. The minimum Gasteiger partial charge on any atom is -0.398 e. The molecule has 62 valence electrons. The highest BCUT2D eigenvalue weighted by atomic mass is 15.1. The number of hydrogen-bond donors (Lipinski definition) is 1. The minimum atomic E-state index is 0.892. The second-order valence-corrected chi connectivity index (χ2v) is 3.15. The molecule has 1 aliphatic heterocycles. The van der Waals surface area contributed by atoms with Crippen LogP contribution in [-0.4, -0.2) is 11.9 Å². The van der Waals surface area contributed by atoms with E-state index in [1.165, 1.54) is 11.1 Å². The van der Waals surface area contributed by atoms with Crippen molar-refractivity contribution in [1.29, 1.82) is 0 Å². The van der Waals surface area contributed by atoms with Gasteiger partial charge in [-0.2, -0.15) is 0 Å². The van der Waals surface area contributed by atoms with Crippen molar-refractivity contribution in [3.05, 3.63) is 35.5 Å². The normalized spacial score (nSPS) is 14.6. The molecule has 0 amide bonds. The first-order valence-corrected chi connectivity index (χ1v) is 4.03. The smallest absolute Gasteiger partial charge is 0.0447 e. The van der Waals surface area contributed by atoms with Gasteiger partial charge < -0.3 is 10.6 Å². The van der Waals surface area contributed by atoms with Crippen LogP contribution in [0.1, 0.15) is 11.1 Å². The summed E-state index contributed by atoms with van der Waals surface area (Å²) >= 11 is 0. The SMILES string of the molecule is CN1C=Cc2cccc(N)c2C1. The van der Waals surface area contributed by atoms with E-state index >= 15 is 0 Å². The predicted molar refractivity (Wildman–Crippen MR) is 51.4 cm³/mol. The molecule has 1 aromatic carbocycles. The van der Waals surface area contributed by atoms with Crippen LogP contribution in [0.15, 0.2) is 24.4 Å². The Hall–Kier alpha value is -1.44. The first-order valence-electron chi connectivity index (χ1n) is 4.03. The highest BCUT2D eigenvalue weighted by molar-refractivity contribution is 5.64. The van der Waals surface area contributed by atoms with Gasteiger partial charge in [0.2, 0.25) is 0 Å². The van der Waals surface area contributed by atoms with Gasteiger partial charge in [-0.1, -0.05) is 12.1 Å². The second kappa shape index (κ2) is 2.55. The largest absolute Gasteiger partial charge is 0.398 e. The van der Waals surface area contributed by atoms with E-state index < -0.39 is 0 Å². The summed E-state index contributed by atoms with van der Waals surface area (Å²) in [6, 6.07) is 6.03. The van der Waals surface area contributed by atoms with Crippen LogP contribution in [0.4, 0.5) is 5.69 Å². The van der Waals surface area contributed by atoms with Crippen molar-refractivity contribution in [3.63, 3.8) is 0 Å². The molecule has 0 fully saturated rings. The fourth-order valence-corrected chi connectivity index (χ4v) is 1.47. The number of nitrogens with two attached hydrogens (primary N) is 1. The third-order valence-corrected chi connectivity index (χ3v) is 2.16. The molecule has 0 radical (unpaired) electrons. The van der Waals surface area contributed by atoms with Crippen LogP contribution in [0, 0.1) is 0 Å². The highest BCUT2D eigenvalue weighted by Gasteiger charge is 2.08. The van der Waals surface area contributed by atoms with E-state index in [2.05, 4.69) is 23.2 Å². The number of benzene rings is 1. The Morgan fingerprint density at radius 2 is 2.25 bits per heavy atom. The van der Waals surface area contributed by atoms with E-state index in [0.717, 1.165) is 12.2 Å². The molecule has 0 unspecified atom stereocenters. The number of fused-ring (bicyclic) bond motifs is 1. The summed E-state index contributed by atoms with van der Waals surface area (Å²) in [6.45, 7) is 0.915. The number of hydrogen-bond acceptors (Lipinski definition) is 2. The van der Waals surface area contributed by atoms with Gasteiger partial charge in [0.1, 0.15) is 0 Å². The topological polar surface area (TPSA) is 29.3 Å². The molecule has 0 atom stereocenters. The summed E-state index contributed by atoms with van der Waals surface area (Å²) in [5.41, 5.74) is 9.22. The Morgan fingerprint density at radius 1 is 1.42 bits per heavy atom. The Balaban J connectivity index is 2.53. The summed E-state index contributed by atoms with van der Waals surface area (Å²) in [5.74, 6) is 0. The van der Waals surface area contributed by atoms with Gasteiger partial charge in [0.15, 0.2) is 0 Å². The van der Waals surface area contributed by atoms with Gasteiger partial charge in [-0.25, -0.2) is 0 Å². The molecule has 2 N–H and O–H groups in total. The molecule has 2 rings (SSSR count). The highest BCUT2D eigenvalue weighted by Crippen LogP contribution is 2.23. The zero-order valence-corrected chi connectivity index (χ0v) is 7.12. The monoisotopic (exact) mass is 160 g/mol. The molecular formula is C10H12N2. The molecule has 0 saturated carbocycles. The molecule has 2 heteroatoms. The summed E-state index contributed by atoms with van der Waals surface area (Å²) in [4.78, 5) is 2.12. The molecule has 0 bridgehead atoms. The van der Waals surface area contributed by atoms with Crippen LogP contribution in [-0.2, 0) is 6.54 Å². The summed E-state index contributed by atoms with van der Waals surface area (Å²) < 4.78 is 0. The van der Waals surface area contributed by atoms with Crippen LogP contribution in [0.25, 0.3) is 6.08 Å². The maximum Gasteiger partial charge on any atom is 0.0447 e. The summed E-state index contributed by atoms with van der Waals surface area (Å²) in [7, 11) is 2.05. The maximum absolute atomic E-state index is 5.84. The predicted octanol–water partition coefficient (Wildman–Crippen LogP) is 1.68. The zero-order chi connectivity index (χ0) is 8.55. The maximum atomic E-state index is 5.84. The lowest BCUT2D eigenvalue weighted by molar-refractivity contribution is 0.449. The Morgan fingerprint density at radius 3 is 3.08 bits per heavy atom. The van der Waals surface area contributed by atoms with Gasteiger partial charge in [0.05, 0.1) is 0 Å². The van der Waals surface area contributed by atoms with E-state index in [1.54, 1.807) is 0 Å². The number of nitrogen functional groups attached to an aromatic ring is 1. The van der Waals surface area contributed by atoms with E-state index in [-0.39, 0.29) is 0 Å². The van der Waals surface area contributed by atoms with Gasteiger partial charge in [-0.15, -0.1) is 0 Å². The van der Waals surface area contributed by atoms with Crippen LogP contribution < -0.4 is 5.73 Å². The van der Waals surface area contributed by atoms with Crippen LogP contribution >= 0.6 is 0 Å². The molecule has 1 aliphatic rings. The number of rotatable bonds is 0. The fourth-order valence-electron chi connectivity index (χ4n) is 1.47. The molecule has 2 nitrogen and oxygen atoms in total. The number of nitrogens with zero attached hydrogens (tertiary/aromatic N) is 1. The third kappa shape index (κ3) is 1.05. The van der Waals surface area contributed by atoms with Crippen LogP contribution in [0.5, 0.6) is 0 Å². The molecular weight excluding hydrogens is 148 g/mol. The standard InChI is InChI=1S/C10H12N2/c1-12-6-5-8-3-2-4-10(11)9(8)7-12/h2-6H,7,11H2,1H3. The molecule has 0 saturated heterocycles. The van der Waals surface area contributed by atoms with Crippen molar-refractivity contribution < 1.29 is 0 Å². The lowest BCUT2D eigenvalue weighted by Gasteiger charge is -2.21. The minimum absolute atomic E-state index is 0.892. The lowest BCUT2D eigenvalue weighted by atomic mass is 10.0. The Kier molecular flexibility index (Phi) is 1.54. The number of anilines is 1. The van der Waals surface area contributed by atoms with Crippen molar-refractivity contribution in [2.75, 3.05) is 12.8 Å². The molecule has 0 aromatic heterocycles. The summed E-state index contributed by atoms with van der Waals surface area (Å²) in [5, 5.41) is 0. The van der Waals surface area contributed by atoms with E-state index in [1.807, 2.05) is 19.2 Å². The molecule has 12 heavy (non-hydrogen) atoms. The Bertz CT molecular complexity index is 329. The van der Waals surface area contributed by atoms with Crippen LogP contribution in [0.2, 0.25) is 0 Å². The van der Waals surface area contributed by atoms with Crippen LogP contribution in [0.3, 0.4) is 0 Å². The zero-order valence-electron chi connectivity index (χ0n) is 7.12. The molecule has 1 heterocycles. The molecule has 0 spiro atoms. The average molecular weight is 160 g/mol. The second-order valence-electron chi connectivity index (χ2n) is 3.15. The van der Waals surface area contributed by atoms with Gasteiger partial charge in [0, 0.05) is 24.8 Å². The van der Waals surface area contributed by atoms with Gasteiger partial charge in [-0.3, -0.25) is 0 Å². The van der Waals surface area contributed by atoms with Crippen molar-refractivity contribution in [1.82, 2.24) is 4.90 Å². The quantitative estimate of drug-likeness (QED) is 0.585. The Labute approximate surface area is 72.3 Å². The van der Waals surface area contributed by atoms with E-state index in [4.69, 9.17) is 5.73 Å². The van der Waals surface area contributed by atoms with Crippen molar-refractivity contribution in [2.24, 2.45) is 0 Å². The molecule has 0 aliphatic carbocycles.